The first-order chi connectivity index (χ1) is 10.7. The summed E-state index contributed by atoms with van der Waals surface area (Å²) in [6.07, 6.45) is 3.77. The number of rotatable bonds is 7. The molecule has 0 amide bonds. The molecule has 1 unspecified atom stereocenters. The van der Waals surface area contributed by atoms with Crippen molar-refractivity contribution in [3.63, 3.8) is 0 Å². The van der Waals surface area contributed by atoms with Crippen LogP contribution >= 0.6 is 0 Å². The molecule has 3 rings (SSSR count). The Bertz CT molecular complexity index is 719. The van der Waals surface area contributed by atoms with Crippen LogP contribution in [0.25, 0.3) is 11.0 Å². The first-order valence-electron chi connectivity index (χ1n) is 7.43. The molecule has 0 fully saturated rings. The monoisotopic (exact) mass is 300 g/mol. The van der Waals surface area contributed by atoms with E-state index in [9.17, 15) is 5.11 Å². The molecule has 22 heavy (non-hydrogen) atoms. The van der Waals surface area contributed by atoms with E-state index in [4.69, 9.17) is 0 Å². The number of aromatic nitrogens is 5. The van der Waals surface area contributed by atoms with Gasteiger partial charge in [0.1, 0.15) is 12.7 Å². The van der Waals surface area contributed by atoms with Gasteiger partial charge in [-0.05, 0) is 25.5 Å². The van der Waals surface area contributed by atoms with Gasteiger partial charge >= 0.3 is 0 Å². The Balaban J connectivity index is 1.77. The summed E-state index contributed by atoms with van der Waals surface area (Å²) in [6, 6.07) is 8.05. The van der Waals surface area contributed by atoms with Gasteiger partial charge in [-0.2, -0.15) is 5.10 Å². The molecule has 116 valence electrons. The Hall–Kier alpha value is -2.41. The molecule has 7 nitrogen and oxygen atoms in total. The number of hydrogen-bond donors (Lipinski definition) is 2. The minimum absolute atomic E-state index is 0.414. The van der Waals surface area contributed by atoms with E-state index in [1.165, 1.54) is 0 Å². The predicted molar refractivity (Wildman–Crippen MR) is 84.5 cm³/mol. The van der Waals surface area contributed by atoms with Crippen molar-refractivity contribution in [1.82, 2.24) is 24.3 Å². The van der Waals surface area contributed by atoms with Crippen LogP contribution in [0.3, 0.4) is 0 Å². The second-order valence-corrected chi connectivity index (χ2v) is 5.32. The lowest BCUT2D eigenvalue weighted by atomic mass is 10.3. The van der Waals surface area contributed by atoms with Gasteiger partial charge in [-0.25, -0.2) is 9.97 Å². The van der Waals surface area contributed by atoms with Crippen molar-refractivity contribution in [3.05, 3.63) is 36.9 Å². The van der Waals surface area contributed by atoms with Crippen molar-refractivity contribution in [1.29, 1.82) is 0 Å². The quantitative estimate of drug-likeness (QED) is 0.691. The maximum atomic E-state index is 9.46. The number of benzene rings is 1. The van der Waals surface area contributed by atoms with E-state index in [1.54, 1.807) is 19.6 Å². The highest BCUT2D eigenvalue weighted by atomic mass is 16.3. The maximum absolute atomic E-state index is 9.46. The SMILES string of the molecule is CC(O)CNc1nc2ccccc2n1CCCn1cncn1. The molecule has 3 aromatic rings. The Labute approximate surface area is 128 Å². The number of imidazole rings is 1. The van der Waals surface area contributed by atoms with Gasteiger partial charge in [0.15, 0.2) is 0 Å². The summed E-state index contributed by atoms with van der Waals surface area (Å²) in [7, 11) is 0. The summed E-state index contributed by atoms with van der Waals surface area (Å²) in [4.78, 5) is 8.55. The number of aliphatic hydroxyl groups is 1. The lowest BCUT2D eigenvalue weighted by molar-refractivity contribution is 0.208. The number of anilines is 1. The summed E-state index contributed by atoms with van der Waals surface area (Å²) >= 11 is 0. The standard InChI is InChI=1S/C15H20N6O/c1-12(22)9-17-15-19-13-5-2-3-6-14(13)21(15)8-4-7-20-11-16-10-18-20/h2-3,5-6,10-12,22H,4,7-9H2,1H3,(H,17,19). The molecule has 7 heteroatoms. The van der Waals surface area contributed by atoms with E-state index in [0.717, 1.165) is 36.5 Å². The zero-order valence-electron chi connectivity index (χ0n) is 12.6. The van der Waals surface area contributed by atoms with Crippen LogP contribution in [-0.4, -0.2) is 42.1 Å². The Morgan fingerprint density at radius 1 is 1.27 bits per heavy atom. The van der Waals surface area contributed by atoms with Crippen LogP contribution in [0, 0.1) is 0 Å². The van der Waals surface area contributed by atoms with Gasteiger partial charge in [0.2, 0.25) is 5.95 Å². The molecule has 1 atom stereocenters. The predicted octanol–water partition coefficient (Wildman–Crippen LogP) is 1.51. The number of fused-ring (bicyclic) bond motifs is 1. The number of nitrogens with one attached hydrogen (secondary N) is 1. The number of para-hydroxylation sites is 2. The van der Waals surface area contributed by atoms with Crippen molar-refractivity contribution < 1.29 is 5.11 Å². The smallest absolute Gasteiger partial charge is 0.203 e. The van der Waals surface area contributed by atoms with E-state index >= 15 is 0 Å². The fourth-order valence-electron chi connectivity index (χ4n) is 2.41. The molecule has 2 aromatic heterocycles. The zero-order chi connectivity index (χ0) is 15.4. The summed E-state index contributed by atoms with van der Waals surface area (Å²) in [5.41, 5.74) is 2.05. The maximum Gasteiger partial charge on any atom is 0.203 e. The molecule has 0 bridgehead atoms. The van der Waals surface area contributed by atoms with E-state index < -0.39 is 6.10 Å². The van der Waals surface area contributed by atoms with Crippen LogP contribution in [0.2, 0.25) is 0 Å². The van der Waals surface area contributed by atoms with Gasteiger partial charge < -0.3 is 15.0 Å². The van der Waals surface area contributed by atoms with Crippen molar-refractivity contribution in [3.8, 4) is 0 Å². The lowest BCUT2D eigenvalue weighted by Gasteiger charge is -2.12. The summed E-state index contributed by atoms with van der Waals surface area (Å²) in [5.74, 6) is 0.792. The molecule has 2 heterocycles. The van der Waals surface area contributed by atoms with Gasteiger partial charge in [0.05, 0.1) is 17.1 Å². The van der Waals surface area contributed by atoms with Gasteiger partial charge in [0, 0.05) is 19.6 Å². The summed E-state index contributed by atoms with van der Waals surface area (Å²) in [6.45, 7) is 3.86. The number of aryl methyl sites for hydroxylation is 2. The second kappa shape index (κ2) is 6.57. The van der Waals surface area contributed by atoms with Crippen LogP contribution < -0.4 is 5.32 Å². The first-order valence-corrected chi connectivity index (χ1v) is 7.43. The molecular formula is C15H20N6O. The van der Waals surface area contributed by atoms with Crippen LogP contribution in [-0.2, 0) is 13.1 Å². The second-order valence-electron chi connectivity index (χ2n) is 5.32. The molecule has 0 radical (unpaired) electrons. The Morgan fingerprint density at radius 3 is 2.91 bits per heavy atom. The average molecular weight is 300 g/mol. The minimum Gasteiger partial charge on any atom is -0.392 e. The van der Waals surface area contributed by atoms with E-state index in [1.807, 2.05) is 22.9 Å². The highest BCUT2D eigenvalue weighted by Crippen LogP contribution is 2.20. The van der Waals surface area contributed by atoms with Gasteiger partial charge in [-0.1, -0.05) is 12.1 Å². The van der Waals surface area contributed by atoms with Crippen LogP contribution in [0.1, 0.15) is 13.3 Å². The van der Waals surface area contributed by atoms with Crippen molar-refractivity contribution in [2.75, 3.05) is 11.9 Å². The molecule has 0 saturated carbocycles. The van der Waals surface area contributed by atoms with Crippen molar-refractivity contribution in [2.24, 2.45) is 0 Å². The lowest BCUT2D eigenvalue weighted by Crippen LogP contribution is -2.18. The van der Waals surface area contributed by atoms with Crippen LogP contribution in [0.4, 0.5) is 5.95 Å². The third kappa shape index (κ3) is 3.25. The minimum atomic E-state index is -0.414. The fraction of sp³-hybridized carbons (Fsp3) is 0.400. The summed E-state index contributed by atoms with van der Waals surface area (Å²) < 4.78 is 3.97. The molecule has 0 aliphatic carbocycles. The van der Waals surface area contributed by atoms with Gasteiger partial charge in [-0.3, -0.25) is 4.68 Å². The topological polar surface area (TPSA) is 80.8 Å². The highest BCUT2D eigenvalue weighted by Gasteiger charge is 2.10. The van der Waals surface area contributed by atoms with Gasteiger partial charge in [0.25, 0.3) is 0 Å². The summed E-state index contributed by atoms with van der Waals surface area (Å²) in [5, 5.41) is 16.8. The molecule has 0 aliphatic rings. The van der Waals surface area contributed by atoms with Crippen LogP contribution in [0.15, 0.2) is 36.9 Å². The molecule has 2 N–H and O–H groups in total. The molecule has 0 aliphatic heterocycles. The number of nitrogens with zero attached hydrogens (tertiary/aromatic N) is 5. The van der Waals surface area contributed by atoms with Gasteiger partial charge in [-0.15, -0.1) is 0 Å². The molecule has 1 aromatic carbocycles. The molecule has 0 saturated heterocycles. The first kappa shape index (κ1) is 14.5. The van der Waals surface area contributed by atoms with Crippen LogP contribution in [0.5, 0.6) is 0 Å². The van der Waals surface area contributed by atoms with Crippen molar-refractivity contribution >= 4 is 17.0 Å². The average Bonchev–Trinajstić information content (AvgIpc) is 3.13. The highest BCUT2D eigenvalue weighted by molar-refractivity contribution is 5.78. The Kier molecular flexibility index (Phi) is 4.34. The normalized spacial score (nSPS) is 12.6. The third-order valence-electron chi connectivity index (χ3n) is 3.45. The van der Waals surface area contributed by atoms with E-state index in [2.05, 4.69) is 31.0 Å². The largest absolute Gasteiger partial charge is 0.392 e. The number of hydrogen-bond acceptors (Lipinski definition) is 5. The molecular weight excluding hydrogens is 280 g/mol. The third-order valence-corrected chi connectivity index (χ3v) is 3.45. The Morgan fingerprint density at radius 2 is 2.14 bits per heavy atom. The van der Waals surface area contributed by atoms with E-state index in [0.29, 0.717) is 6.54 Å². The molecule has 0 spiro atoms. The fourth-order valence-corrected chi connectivity index (χ4v) is 2.41. The van der Waals surface area contributed by atoms with Crippen molar-refractivity contribution in [2.45, 2.75) is 32.5 Å². The zero-order valence-corrected chi connectivity index (χ0v) is 12.6. The van der Waals surface area contributed by atoms with E-state index in [-0.39, 0.29) is 0 Å². The number of aliphatic hydroxyl groups excluding tert-OH is 1.